The summed E-state index contributed by atoms with van der Waals surface area (Å²) in [6, 6.07) is 8.48. The molecule has 3 atom stereocenters. The fraction of sp³-hybridized carbons (Fsp3) is 0.368. The van der Waals surface area contributed by atoms with Crippen molar-refractivity contribution in [3.8, 4) is 23.0 Å². The first-order valence-electron chi connectivity index (χ1n) is 9.32. The lowest BCUT2D eigenvalue weighted by molar-refractivity contribution is 0.0273. The molecule has 5 rings (SSSR count). The number of aromatic nitrogens is 3. The molecule has 0 aliphatic carbocycles. The van der Waals surface area contributed by atoms with Gasteiger partial charge in [0.1, 0.15) is 11.9 Å². The van der Waals surface area contributed by atoms with E-state index in [1.54, 1.807) is 18.2 Å². The fourth-order valence-corrected chi connectivity index (χ4v) is 4.39. The van der Waals surface area contributed by atoms with Gasteiger partial charge in [-0.15, -0.1) is 0 Å². The monoisotopic (exact) mass is 451 g/mol. The first-order valence-corrected chi connectivity index (χ1v) is 11.5. The van der Waals surface area contributed by atoms with Gasteiger partial charge in [0.05, 0.1) is 35.2 Å². The van der Waals surface area contributed by atoms with E-state index in [9.17, 15) is 8.42 Å². The molecule has 2 saturated heterocycles. The van der Waals surface area contributed by atoms with Gasteiger partial charge in [0.15, 0.2) is 11.8 Å². The summed E-state index contributed by atoms with van der Waals surface area (Å²) in [5, 5.41) is 0.415. The molecule has 2 fully saturated rings. The summed E-state index contributed by atoms with van der Waals surface area (Å²) in [5.74, 6) is 0.208. The van der Waals surface area contributed by atoms with Crippen molar-refractivity contribution in [2.45, 2.75) is 24.7 Å². The van der Waals surface area contributed by atoms with E-state index in [2.05, 4.69) is 15.0 Å². The highest BCUT2D eigenvalue weighted by Crippen LogP contribution is 2.32. The first kappa shape index (κ1) is 19.6. The van der Waals surface area contributed by atoms with Crippen LogP contribution in [0.3, 0.4) is 0 Å². The van der Waals surface area contributed by atoms with E-state index in [0.29, 0.717) is 46.7 Å². The molecule has 2 aromatic heterocycles. The highest BCUT2D eigenvalue weighted by molar-refractivity contribution is 7.86. The van der Waals surface area contributed by atoms with Crippen molar-refractivity contribution >= 4 is 32.9 Å². The molecule has 0 radical (unpaired) electrons. The fourth-order valence-electron chi connectivity index (χ4n) is 3.67. The molecular weight excluding hydrogens is 434 g/mol. The minimum Gasteiger partial charge on any atom is -0.456 e. The Morgan fingerprint density at radius 2 is 2.00 bits per heavy atom. The van der Waals surface area contributed by atoms with Gasteiger partial charge < -0.3 is 23.4 Å². The van der Waals surface area contributed by atoms with Crippen LogP contribution in [0.1, 0.15) is 6.42 Å². The van der Waals surface area contributed by atoms with Crippen LogP contribution >= 0.6 is 11.6 Å². The second-order valence-corrected chi connectivity index (χ2v) is 9.18. The van der Waals surface area contributed by atoms with Crippen molar-refractivity contribution in [2.24, 2.45) is 0 Å². The molecule has 11 heteroatoms. The van der Waals surface area contributed by atoms with E-state index in [-0.39, 0.29) is 24.1 Å². The van der Waals surface area contributed by atoms with Crippen molar-refractivity contribution in [3.05, 3.63) is 35.4 Å². The van der Waals surface area contributed by atoms with E-state index >= 15 is 0 Å². The number of halogens is 1. The van der Waals surface area contributed by atoms with Crippen LogP contribution in [0.25, 0.3) is 22.4 Å². The number of rotatable bonds is 5. The summed E-state index contributed by atoms with van der Waals surface area (Å²) in [7, 11) is -3.59. The van der Waals surface area contributed by atoms with E-state index < -0.39 is 10.1 Å². The first-order chi connectivity index (χ1) is 14.4. The van der Waals surface area contributed by atoms with Crippen LogP contribution in [-0.4, -0.2) is 61.2 Å². The van der Waals surface area contributed by atoms with Gasteiger partial charge in [-0.2, -0.15) is 13.4 Å². The Bertz CT molecular complexity index is 1200. The average Bonchev–Trinajstić information content (AvgIpc) is 3.37. The molecule has 0 saturated carbocycles. The van der Waals surface area contributed by atoms with Crippen LogP contribution in [0.15, 0.2) is 30.3 Å². The summed E-state index contributed by atoms with van der Waals surface area (Å²) < 4.78 is 44.7. The molecule has 0 amide bonds. The van der Waals surface area contributed by atoms with Crippen molar-refractivity contribution in [1.82, 2.24) is 15.0 Å². The number of imidazole rings is 1. The van der Waals surface area contributed by atoms with Gasteiger partial charge in [-0.05, 0) is 36.8 Å². The molecular formula is C19H18ClN3O6S. The number of hydrogen-bond acceptors (Lipinski definition) is 8. The third kappa shape index (κ3) is 3.83. The number of aromatic amines is 1. The van der Waals surface area contributed by atoms with E-state index in [1.807, 2.05) is 0 Å². The minimum absolute atomic E-state index is 0.0770. The summed E-state index contributed by atoms with van der Waals surface area (Å²) in [5.41, 5.74) is 2.29. The SMILES string of the molecule is CS(=O)(=O)Oc1ccc(-c2nc3nc(OC4COC5CCOC54)[nH]c3cc2Cl)cc1. The summed E-state index contributed by atoms with van der Waals surface area (Å²) in [6.45, 7) is 1.12. The maximum atomic E-state index is 11.2. The number of nitrogens with zero attached hydrogens (tertiary/aromatic N) is 2. The highest BCUT2D eigenvalue weighted by Gasteiger charge is 2.43. The number of fused-ring (bicyclic) bond motifs is 2. The average molecular weight is 452 g/mol. The van der Waals surface area contributed by atoms with E-state index in [4.69, 9.17) is 30.0 Å². The number of ether oxygens (including phenoxy) is 3. The molecule has 30 heavy (non-hydrogen) atoms. The Morgan fingerprint density at radius 3 is 2.77 bits per heavy atom. The summed E-state index contributed by atoms with van der Waals surface area (Å²) in [6.07, 6.45) is 1.63. The zero-order valence-corrected chi connectivity index (χ0v) is 17.4. The summed E-state index contributed by atoms with van der Waals surface area (Å²) in [4.78, 5) is 12.0. The lowest BCUT2D eigenvalue weighted by atomic mass is 10.1. The number of H-pyrrole nitrogens is 1. The van der Waals surface area contributed by atoms with Crippen molar-refractivity contribution in [3.63, 3.8) is 0 Å². The number of nitrogens with one attached hydrogen (secondary N) is 1. The maximum Gasteiger partial charge on any atom is 0.306 e. The van der Waals surface area contributed by atoms with Crippen LogP contribution in [0.5, 0.6) is 11.8 Å². The van der Waals surface area contributed by atoms with Gasteiger partial charge in [0.2, 0.25) is 0 Å². The molecule has 0 bridgehead atoms. The molecule has 0 spiro atoms. The van der Waals surface area contributed by atoms with Gasteiger partial charge in [0, 0.05) is 12.2 Å². The van der Waals surface area contributed by atoms with Crippen molar-refractivity contribution < 1.29 is 26.8 Å². The number of pyridine rings is 1. The lowest BCUT2D eigenvalue weighted by Gasteiger charge is -2.15. The third-order valence-corrected chi connectivity index (χ3v) is 5.75. The molecule has 1 aromatic carbocycles. The molecule has 1 N–H and O–H groups in total. The lowest BCUT2D eigenvalue weighted by Crippen LogP contribution is -2.32. The van der Waals surface area contributed by atoms with Crippen molar-refractivity contribution in [1.29, 1.82) is 0 Å². The minimum atomic E-state index is -3.59. The molecule has 3 unspecified atom stereocenters. The quantitative estimate of drug-likeness (QED) is 0.589. The zero-order chi connectivity index (χ0) is 20.9. The van der Waals surface area contributed by atoms with Gasteiger partial charge in [0.25, 0.3) is 6.01 Å². The van der Waals surface area contributed by atoms with Crippen molar-refractivity contribution in [2.75, 3.05) is 19.5 Å². The topological polar surface area (TPSA) is 113 Å². The molecule has 9 nitrogen and oxygen atoms in total. The molecule has 2 aliphatic rings. The number of hydrogen-bond donors (Lipinski definition) is 1. The van der Waals surface area contributed by atoms with Gasteiger partial charge in [-0.1, -0.05) is 11.6 Å². The Hall–Kier alpha value is -2.40. The second kappa shape index (κ2) is 7.38. The van der Waals surface area contributed by atoms with E-state index in [0.717, 1.165) is 12.7 Å². The molecule has 2 aliphatic heterocycles. The molecule has 3 aromatic rings. The van der Waals surface area contributed by atoms with Gasteiger partial charge >= 0.3 is 10.1 Å². The second-order valence-electron chi connectivity index (χ2n) is 7.20. The van der Waals surface area contributed by atoms with Crippen LogP contribution in [0.4, 0.5) is 0 Å². The van der Waals surface area contributed by atoms with Crippen LogP contribution < -0.4 is 8.92 Å². The smallest absolute Gasteiger partial charge is 0.306 e. The van der Waals surface area contributed by atoms with Crippen LogP contribution in [0.2, 0.25) is 5.02 Å². The van der Waals surface area contributed by atoms with Crippen LogP contribution in [-0.2, 0) is 19.6 Å². The largest absolute Gasteiger partial charge is 0.456 e. The van der Waals surface area contributed by atoms with Crippen LogP contribution in [0, 0.1) is 0 Å². The Kier molecular flexibility index (Phi) is 4.81. The number of benzene rings is 1. The Morgan fingerprint density at radius 1 is 1.20 bits per heavy atom. The standard InChI is InChI=1S/C19H18ClN3O6S/c1-30(24,25)29-11-4-2-10(3-5-11)16-12(20)8-13-18(22-16)23-19(21-13)28-15-9-27-14-6-7-26-17(14)15/h2-5,8,14-15,17H,6-7,9H2,1H3,(H,21,22,23). The maximum absolute atomic E-state index is 11.2. The van der Waals surface area contributed by atoms with Gasteiger partial charge in [-0.25, -0.2) is 4.98 Å². The Labute approximate surface area is 177 Å². The Balaban J connectivity index is 1.40. The zero-order valence-electron chi connectivity index (χ0n) is 15.9. The highest BCUT2D eigenvalue weighted by atomic mass is 35.5. The van der Waals surface area contributed by atoms with E-state index in [1.165, 1.54) is 12.1 Å². The third-order valence-electron chi connectivity index (χ3n) is 4.96. The molecule has 158 valence electrons. The predicted molar refractivity (Wildman–Crippen MR) is 108 cm³/mol. The normalized spacial score (nSPS) is 23.6. The summed E-state index contributed by atoms with van der Waals surface area (Å²) >= 11 is 6.42. The predicted octanol–water partition coefficient (Wildman–Crippen LogP) is 2.55. The molecule has 4 heterocycles. The van der Waals surface area contributed by atoms with Gasteiger partial charge in [-0.3, -0.25) is 0 Å².